The van der Waals surface area contributed by atoms with E-state index in [0.29, 0.717) is 23.5 Å². The zero-order chi connectivity index (χ0) is 23.7. The number of aromatic nitrogens is 2. The van der Waals surface area contributed by atoms with Gasteiger partial charge in [0.05, 0.1) is 43.6 Å². The summed E-state index contributed by atoms with van der Waals surface area (Å²) in [5, 5.41) is 0. The van der Waals surface area contributed by atoms with Crippen molar-refractivity contribution < 1.29 is 47.5 Å². The third-order valence-corrected chi connectivity index (χ3v) is 6.26. The Morgan fingerprint density at radius 3 is 2.59 bits per heavy atom. The minimum atomic E-state index is -0.652. The van der Waals surface area contributed by atoms with Gasteiger partial charge in [0.25, 0.3) is 12.1 Å². The van der Waals surface area contributed by atoms with Gasteiger partial charge in [0.2, 0.25) is 0 Å². The molecule has 0 aliphatic carbocycles. The number of halogens is 1. The molecule has 1 aromatic carbocycles. The zero-order valence-electron chi connectivity index (χ0n) is 20.5. The molecule has 2 unspecified atom stereocenters. The lowest BCUT2D eigenvalue weighted by Gasteiger charge is -2.42. The van der Waals surface area contributed by atoms with Crippen LogP contribution in [0.5, 0.6) is 5.88 Å². The topological polar surface area (TPSA) is 70.5 Å². The Bertz CT molecular complexity index is 922. The van der Waals surface area contributed by atoms with Crippen molar-refractivity contribution in [3.05, 3.63) is 47.7 Å². The maximum atomic E-state index is 12.5. The van der Waals surface area contributed by atoms with Crippen molar-refractivity contribution in [2.45, 2.75) is 65.2 Å². The molecule has 0 radical (unpaired) electrons. The summed E-state index contributed by atoms with van der Waals surface area (Å²) in [6.45, 7) is 7.94. The number of nitrogens with zero attached hydrogens (tertiary/aromatic N) is 3. The zero-order valence-corrected chi connectivity index (χ0v) is 23.5. The van der Waals surface area contributed by atoms with Gasteiger partial charge >= 0.3 is 6.16 Å². The van der Waals surface area contributed by atoms with Crippen molar-refractivity contribution in [3.63, 3.8) is 0 Å². The normalized spacial score (nSPS) is 18.6. The van der Waals surface area contributed by atoms with Crippen LogP contribution in [0.1, 0.15) is 70.4 Å². The summed E-state index contributed by atoms with van der Waals surface area (Å²) in [5.74, 6) is 0.604. The van der Waals surface area contributed by atoms with Crippen LogP contribution in [-0.2, 0) is 9.47 Å². The minimum Gasteiger partial charge on any atom is -1.00 e. The molecule has 9 heteroatoms. The van der Waals surface area contributed by atoms with Crippen LogP contribution < -0.4 is 28.7 Å². The van der Waals surface area contributed by atoms with E-state index in [-0.39, 0.29) is 30.1 Å². The van der Waals surface area contributed by atoms with Crippen LogP contribution in [0.4, 0.5) is 4.79 Å². The fourth-order valence-corrected chi connectivity index (χ4v) is 4.62. The second kappa shape index (κ2) is 14.0. The predicted molar refractivity (Wildman–Crippen MR) is 130 cm³/mol. The van der Waals surface area contributed by atoms with Gasteiger partial charge in [-0.15, -0.1) is 4.37 Å². The Balaban J connectivity index is 0.00000408. The van der Waals surface area contributed by atoms with Gasteiger partial charge in [-0.3, -0.25) is 4.48 Å². The number of carbonyl (C=O) groups is 1. The molecular weight excluding hydrogens is 565 g/mol. The quantitative estimate of drug-likeness (QED) is 0.171. The summed E-state index contributed by atoms with van der Waals surface area (Å²) < 4.78 is 26.6. The van der Waals surface area contributed by atoms with Crippen LogP contribution in [0.25, 0.3) is 5.57 Å². The fourth-order valence-electron chi connectivity index (χ4n) is 4.09. The molecule has 34 heavy (non-hydrogen) atoms. The van der Waals surface area contributed by atoms with Gasteiger partial charge in [0.1, 0.15) is 12.2 Å². The molecule has 1 aliphatic rings. The Morgan fingerprint density at radius 2 is 1.88 bits per heavy atom. The van der Waals surface area contributed by atoms with Crippen molar-refractivity contribution in [2.75, 3.05) is 26.7 Å². The van der Waals surface area contributed by atoms with Crippen LogP contribution in [0.2, 0.25) is 0 Å². The molecule has 188 valence electrons. The Labute approximate surface area is 224 Å². The first-order chi connectivity index (χ1) is 15.9. The lowest BCUT2D eigenvalue weighted by molar-refractivity contribution is -0.953. The molecule has 0 amide bonds. The first-order valence-corrected chi connectivity index (χ1v) is 12.6. The third-order valence-electron chi connectivity index (χ3n) is 5.75. The van der Waals surface area contributed by atoms with Crippen LogP contribution in [0.3, 0.4) is 0 Å². The Morgan fingerprint density at radius 1 is 1.12 bits per heavy atom. The second-order valence-corrected chi connectivity index (χ2v) is 9.53. The van der Waals surface area contributed by atoms with Gasteiger partial charge in [0, 0.05) is 12.0 Å². The lowest BCUT2D eigenvalue weighted by atomic mass is 10.0. The molecule has 7 nitrogen and oxygen atoms in total. The lowest BCUT2D eigenvalue weighted by Crippen LogP contribution is -3.00. The number of benzene rings is 1. The number of unbranched alkanes of at least 4 members (excludes halogenated alkanes) is 3. The number of quaternary nitrogens is 1. The number of hydrogen-bond acceptors (Lipinski definition) is 7. The molecule has 0 bridgehead atoms. The molecule has 0 spiro atoms. The summed E-state index contributed by atoms with van der Waals surface area (Å²) in [4.78, 5) is 12.5. The van der Waals surface area contributed by atoms with E-state index in [0.717, 1.165) is 42.6 Å². The number of ether oxygens (including phenoxy) is 3. The van der Waals surface area contributed by atoms with Gasteiger partial charge in [-0.05, 0) is 32.4 Å². The smallest absolute Gasteiger partial charge is 0.513 e. The molecule has 1 aliphatic heterocycles. The molecule has 1 aromatic heterocycles. The second-order valence-electron chi connectivity index (χ2n) is 9.00. The van der Waals surface area contributed by atoms with Crippen molar-refractivity contribution in [3.8, 4) is 5.88 Å². The highest BCUT2D eigenvalue weighted by atomic mass is 127. The average Bonchev–Trinajstić information content (AvgIpc) is 3.26. The molecule has 0 fully saturated rings. The highest BCUT2D eigenvalue weighted by Crippen LogP contribution is 2.37. The molecule has 0 saturated carbocycles. The summed E-state index contributed by atoms with van der Waals surface area (Å²) in [6, 6.07) is 9.86. The van der Waals surface area contributed by atoms with Crippen molar-refractivity contribution >= 4 is 23.5 Å². The predicted octanol–water partition coefficient (Wildman–Crippen LogP) is 3.00. The molecule has 2 aromatic rings. The Hall–Kier alpha value is -1.72. The van der Waals surface area contributed by atoms with E-state index in [2.05, 4.69) is 28.8 Å². The van der Waals surface area contributed by atoms with Crippen LogP contribution in [0, 0.1) is 0 Å². The van der Waals surface area contributed by atoms with Crippen LogP contribution in [-0.4, -0.2) is 52.2 Å². The number of likely N-dealkylation sites (N-methyl/N-ethyl adjacent to an activating group) is 1. The van der Waals surface area contributed by atoms with E-state index in [1.807, 2.05) is 44.2 Å². The molecular formula is C25H36IN3O4S. The van der Waals surface area contributed by atoms with E-state index < -0.39 is 12.4 Å². The maximum absolute atomic E-state index is 12.5. The number of hydrogen-bond donors (Lipinski definition) is 0. The first-order valence-electron chi connectivity index (χ1n) is 11.8. The molecule has 2 heterocycles. The van der Waals surface area contributed by atoms with E-state index >= 15 is 0 Å². The largest absolute Gasteiger partial charge is 1.00 e. The van der Waals surface area contributed by atoms with Gasteiger partial charge in [-0.1, -0.05) is 50.5 Å². The van der Waals surface area contributed by atoms with Crippen LogP contribution >= 0.6 is 11.7 Å². The minimum absolute atomic E-state index is 0. The highest BCUT2D eigenvalue weighted by Gasteiger charge is 2.41. The maximum Gasteiger partial charge on any atom is 0.513 e. The monoisotopic (exact) mass is 601 g/mol. The van der Waals surface area contributed by atoms with Gasteiger partial charge in [-0.25, -0.2) is 4.79 Å². The van der Waals surface area contributed by atoms with Gasteiger partial charge in [0.15, 0.2) is 0 Å². The fraction of sp³-hybridized carbons (Fsp3) is 0.560. The van der Waals surface area contributed by atoms with Crippen molar-refractivity contribution in [1.29, 1.82) is 0 Å². The van der Waals surface area contributed by atoms with E-state index in [1.165, 1.54) is 24.6 Å². The third kappa shape index (κ3) is 7.91. The molecule has 3 rings (SSSR count). The first kappa shape index (κ1) is 28.5. The molecule has 0 N–H and O–H groups in total. The summed E-state index contributed by atoms with van der Waals surface area (Å²) >= 11 is 1.17. The van der Waals surface area contributed by atoms with Gasteiger partial charge in [-0.2, -0.15) is 4.37 Å². The number of carbonyl (C=O) groups excluding carboxylic acids is 1. The van der Waals surface area contributed by atoms with Crippen LogP contribution in [0.15, 0.2) is 36.4 Å². The average molecular weight is 602 g/mol. The van der Waals surface area contributed by atoms with E-state index in [4.69, 9.17) is 14.2 Å². The highest BCUT2D eigenvalue weighted by molar-refractivity contribution is 6.99. The summed E-state index contributed by atoms with van der Waals surface area (Å²) in [7, 11) is 2.11. The van der Waals surface area contributed by atoms with Crippen molar-refractivity contribution in [1.82, 2.24) is 8.75 Å². The summed E-state index contributed by atoms with van der Waals surface area (Å²) in [6.07, 6.45) is 6.24. The molecule has 2 atom stereocenters. The van der Waals surface area contributed by atoms with E-state index in [1.54, 1.807) is 0 Å². The van der Waals surface area contributed by atoms with E-state index in [9.17, 15) is 4.79 Å². The Kier molecular flexibility index (Phi) is 11.7. The van der Waals surface area contributed by atoms with Crippen molar-refractivity contribution in [2.24, 2.45) is 0 Å². The molecule has 0 saturated heterocycles. The number of rotatable bonds is 11. The summed E-state index contributed by atoms with van der Waals surface area (Å²) in [5.41, 5.74) is 2.81. The van der Waals surface area contributed by atoms with Gasteiger partial charge < -0.3 is 38.2 Å². The standard InChI is InChI=1S/C25H36N3O4S.HI/c1-5-6-7-11-17-30-23-22(26-33-27-23)21-15-12-16-28(4,18-21)24(20-13-9-8-10-14-20)32-25(29)31-19(2)3;/h8-10,13-15,19,24H,5-7,11-12,16-18H2,1-4H3;1H/q+1;/p-1. The SMILES string of the molecule is CCCCCCOc1nsnc1C1=CCC[N+](C)(C(OC(=O)OC(C)C)c2ccccc2)C1.[I-].